The molecule has 2 aromatic heterocycles. The minimum atomic E-state index is -0.291. The van der Waals surface area contributed by atoms with Crippen LogP contribution in [0.3, 0.4) is 0 Å². The number of carbonyl (C=O) groups excluding carboxylic acids is 1. The molecule has 0 spiro atoms. The molecule has 1 fully saturated rings. The van der Waals surface area contributed by atoms with Crippen LogP contribution in [0.15, 0.2) is 24.5 Å². The van der Waals surface area contributed by atoms with Crippen LogP contribution in [-0.2, 0) is 11.3 Å². The monoisotopic (exact) mass is 287 g/mol. The molecule has 3 heterocycles. The first-order valence-corrected chi connectivity index (χ1v) is 7.63. The molecular weight excluding hydrogens is 266 g/mol. The van der Waals surface area contributed by atoms with Crippen molar-refractivity contribution in [1.82, 2.24) is 14.5 Å². The van der Waals surface area contributed by atoms with E-state index < -0.39 is 0 Å². The maximum Gasteiger partial charge on any atom is 0.341 e. The molecule has 0 amide bonds. The summed E-state index contributed by atoms with van der Waals surface area (Å²) in [7, 11) is 0. The molecular formula is C16H21N3O2. The minimum Gasteiger partial charge on any atom is -0.462 e. The summed E-state index contributed by atoms with van der Waals surface area (Å²) in [5.74, 6) is -0.291. The summed E-state index contributed by atoms with van der Waals surface area (Å²) in [5, 5.41) is 0. The largest absolute Gasteiger partial charge is 0.462 e. The van der Waals surface area contributed by atoms with Crippen LogP contribution in [0, 0.1) is 0 Å². The molecule has 2 aromatic rings. The van der Waals surface area contributed by atoms with Gasteiger partial charge in [-0.1, -0.05) is 0 Å². The highest BCUT2D eigenvalue weighted by Crippen LogP contribution is 2.20. The quantitative estimate of drug-likeness (QED) is 0.792. The Morgan fingerprint density at radius 3 is 2.90 bits per heavy atom. The Kier molecular flexibility index (Phi) is 4.20. The van der Waals surface area contributed by atoms with Gasteiger partial charge in [0.05, 0.1) is 12.1 Å². The predicted octanol–water partition coefficient (Wildman–Crippen LogP) is 2.31. The van der Waals surface area contributed by atoms with E-state index in [0.717, 1.165) is 24.1 Å². The molecule has 0 bridgehead atoms. The Bertz CT molecular complexity index is 629. The highest BCUT2D eigenvalue weighted by molar-refractivity contribution is 6.02. The first-order valence-electron chi connectivity index (χ1n) is 7.63. The van der Waals surface area contributed by atoms with Crippen LogP contribution in [0.25, 0.3) is 11.0 Å². The van der Waals surface area contributed by atoms with Gasteiger partial charge >= 0.3 is 5.97 Å². The standard InChI is InChI=1S/C16H21N3O2/c1-2-21-16(20)13-12-19(11-10-18-8-3-4-9-18)14-6-5-7-17-15(13)14/h5-7,12H,2-4,8-11H2,1H3. The van der Waals surface area contributed by atoms with Crippen LogP contribution in [0.1, 0.15) is 30.1 Å². The van der Waals surface area contributed by atoms with E-state index in [4.69, 9.17) is 4.74 Å². The van der Waals surface area contributed by atoms with Crippen molar-refractivity contribution in [2.24, 2.45) is 0 Å². The first kappa shape index (κ1) is 14.1. The third-order valence-corrected chi connectivity index (χ3v) is 3.99. The second-order valence-electron chi connectivity index (χ2n) is 5.38. The Balaban J connectivity index is 1.85. The fraction of sp³-hybridized carbons (Fsp3) is 0.500. The topological polar surface area (TPSA) is 47.4 Å². The van der Waals surface area contributed by atoms with Crippen molar-refractivity contribution in [2.45, 2.75) is 26.3 Å². The van der Waals surface area contributed by atoms with E-state index >= 15 is 0 Å². The van der Waals surface area contributed by atoms with Crippen LogP contribution in [-0.4, -0.2) is 46.7 Å². The van der Waals surface area contributed by atoms with Crippen LogP contribution in [0.4, 0.5) is 0 Å². The molecule has 1 saturated heterocycles. The van der Waals surface area contributed by atoms with Gasteiger partial charge in [-0.15, -0.1) is 0 Å². The summed E-state index contributed by atoms with van der Waals surface area (Å²) in [6.07, 6.45) is 6.19. The fourth-order valence-corrected chi connectivity index (χ4v) is 2.92. The average molecular weight is 287 g/mol. The molecule has 21 heavy (non-hydrogen) atoms. The number of esters is 1. The predicted molar refractivity (Wildman–Crippen MR) is 81.4 cm³/mol. The summed E-state index contributed by atoms with van der Waals surface area (Å²) < 4.78 is 7.24. The third-order valence-electron chi connectivity index (χ3n) is 3.99. The number of pyridine rings is 1. The van der Waals surface area contributed by atoms with Crippen molar-refractivity contribution in [3.8, 4) is 0 Å². The van der Waals surface area contributed by atoms with Crippen LogP contribution in [0.2, 0.25) is 0 Å². The second-order valence-corrected chi connectivity index (χ2v) is 5.38. The van der Waals surface area contributed by atoms with E-state index in [1.165, 1.54) is 25.9 Å². The van der Waals surface area contributed by atoms with Crippen LogP contribution >= 0.6 is 0 Å². The number of rotatable bonds is 5. The summed E-state index contributed by atoms with van der Waals surface area (Å²) in [6, 6.07) is 3.92. The lowest BCUT2D eigenvalue weighted by Crippen LogP contribution is -2.23. The van der Waals surface area contributed by atoms with Crippen molar-refractivity contribution in [2.75, 3.05) is 26.2 Å². The number of carbonyl (C=O) groups is 1. The lowest BCUT2D eigenvalue weighted by atomic mass is 10.3. The Morgan fingerprint density at radius 1 is 1.33 bits per heavy atom. The van der Waals surface area contributed by atoms with Crippen molar-refractivity contribution >= 4 is 17.0 Å². The van der Waals surface area contributed by atoms with Gasteiger partial charge in [-0.25, -0.2) is 4.79 Å². The zero-order valence-electron chi connectivity index (χ0n) is 12.4. The first-order chi connectivity index (χ1) is 10.3. The van der Waals surface area contributed by atoms with E-state index in [-0.39, 0.29) is 5.97 Å². The zero-order chi connectivity index (χ0) is 14.7. The summed E-state index contributed by atoms with van der Waals surface area (Å²) in [5.41, 5.74) is 2.30. The Morgan fingerprint density at radius 2 is 2.14 bits per heavy atom. The summed E-state index contributed by atoms with van der Waals surface area (Å²) in [6.45, 7) is 6.46. The van der Waals surface area contributed by atoms with E-state index in [1.54, 1.807) is 6.20 Å². The number of aromatic nitrogens is 2. The molecule has 1 aliphatic heterocycles. The maximum atomic E-state index is 12.0. The lowest BCUT2D eigenvalue weighted by molar-refractivity contribution is 0.0528. The van der Waals surface area contributed by atoms with Gasteiger partial charge in [-0.05, 0) is 45.0 Å². The molecule has 5 heteroatoms. The molecule has 5 nitrogen and oxygen atoms in total. The normalized spacial score (nSPS) is 15.7. The van der Waals surface area contributed by atoms with E-state index in [9.17, 15) is 4.79 Å². The molecule has 0 aliphatic carbocycles. The van der Waals surface area contributed by atoms with Gasteiger partial charge < -0.3 is 14.2 Å². The van der Waals surface area contributed by atoms with Crippen LogP contribution < -0.4 is 0 Å². The van der Waals surface area contributed by atoms with Crippen LogP contribution in [0.5, 0.6) is 0 Å². The lowest BCUT2D eigenvalue weighted by Gasteiger charge is -2.15. The van der Waals surface area contributed by atoms with Crippen molar-refractivity contribution in [3.05, 3.63) is 30.1 Å². The number of nitrogens with zero attached hydrogens (tertiary/aromatic N) is 3. The molecule has 112 valence electrons. The minimum absolute atomic E-state index is 0.291. The highest BCUT2D eigenvalue weighted by Gasteiger charge is 2.18. The number of ether oxygens (including phenoxy) is 1. The number of hydrogen-bond donors (Lipinski definition) is 0. The molecule has 0 radical (unpaired) electrons. The number of likely N-dealkylation sites (tertiary alicyclic amines) is 1. The SMILES string of the molecule is CCOC(=O)c1cn(CCN2CCCC2)c2cccnc12. The highest BCUT2D eigenvalue weighted by atomic mass is 16.5. The molecule has 0 N–H and O–H groups in total. The summed E-state index contributed by atoms with van der Waals surface area (Å²) >= 11 is 0. The van der Waals surface area contributed by atoms with Gasteiger partial charge in [0.1, 0.15) is 11.1 Å². The third kappa shape index (κ3) is 2.93. The van der Waals surface area contributed by atoms with Gasteiger partial charge in [-0.2, -0.15) is 0 Å². The van der Waals surface area contributed by atoms with E-state index in [0.29, 0.717) is 12.2 Å². The van der Waals surface area contributed by atoms with Crippen molar-refractivity contribution < 1.29 is 9.53 Å². The molecule has 1 aliphatic rings. The maximum absolute atomic E-state index is 12.0. The van der Waals surface area contributed by atoms with E-state index in [2.05, 4.69) is 14.5 Å². The summed E-state index contributed by atoms with van der Waals surface area (Å²) in [4.78, 5) is 18.9. The van der Waals surface area contributed by atoms with Crippen molar-refractivity contribution in [1.29, 1.82) is 0 Å². The van der Waals surface area contributed by atoms with Gasteiger partial charge in [0.25, 0.3) is 0 Å². The Labute approximate surface area is 124 Å². The average Bonchev–Trinajstić information content (AvgIpc) is 3.13. The fourth-order valence-electron chi connectivity index (χ4n) is 2.92. The number of hydrogen-bond acceptors (Lipinski definition) is 4. The molecule has 3 rings (SSSR count). The van der Waals surface area contributed by atoms with Gasteiger partial charge in [-0.3, -0.25) is 4.98 Å². The zero-order valence-corrected chi connectivity index (χ0v) is 12.4. The van der Waals surface area contributed by atoms with Gasteiger partial charge in [0, 0.05) is 25.5 Å². The second kappa shape index (κ2) is 6.26. The van der Waals surface area contributed by atoms with Gasteiger partial charge in [0.15, 0.2) is 0 Å². The van der Waals surface area contributed by atoms with E-state index in [1.807, 2.05) is 25.3 Å². The Hall–Kier alpha value is -1.88. The molecule has 0 saturated carbocycles. The molecule has 0 atom stereocenters. The molecule has 0 unspecified atom stereocenters. The van der Waals surface area contributed by atoms with Gasteiger partial charge in [0.2, 0.25) is 0 Å². The molecule has 0 aromatic carbocycles. The number of fused-ring (bicyclic) bond motifs is 1. The smallest absolute Gasteiger partial charge is 0.341 e. The van der Waals surface area contributed by atoms with Crippen molar-refractivity contribution in [3.63, 3.8) is 0 Å².